The molecule has 1 saturated heterocycles. The molecule has 0 aliphatic carbocycles. The maximum atomic E-state index is 13.3. The molecule has 1 aromatic heterocycles. The molecule has 4 aromatic rings. The van der Waals surface area contributed by atoms with Crippen LogP contribution in [0, 0.1) is 0 Å². The average Bonchev–Trinajstić information content (AvgIpc) is 3.49. The Balaban J connectivity index is 1.24. The molecule has 1 aliphatic rings. The highest BCUT2D eigenvalue weighted by Crippen LogP contribution is 2.32. The molecule has 226 valence electrons. The number of amides is 1. The van der Waals surface area contributed by atoms with E-state index >= 15 is 0 Å². The normalized spacial score (nSPS) is 13.8. The van der Waals surface area contributed by atoms with E-state index in [1.54, 1.807) is 31.3 Å². The van der Waals surface area contributed by atoms with E-state index in [2.05, 4.69) is 17.0 Å². The summed E-state index contributed by atoms with van der Waals surface area (Å²) in [5.41, 5.74) is 1.99. The Bertz CT molecular complexity index is 1520. The molecule has 5 rings (SSSR count). The van der Waals surface area contributed by atoms with Gasteiger partial charge in [-0.1, -0.05) is 42.5 Å². The molecule has 43 heavy (non-hydrogen) atoms. The molecule has 0 atom stereocenters. The zero-order valence-electron chi connectivity index (χ0n) is 24.1. The van der Waals surface area contributed by atoms with E-state index in [4.69, 9.17) is 13.9 Å². The summed E-state index contributed by atoms with van der Waals surface area (Å²) < 4.78 is 56.4. The van der Waals surface area contributed by atoms with Gasteiger partial charge in [-0.2, -0.15) is 13.2 Å². The Morgan fingerprint density at radius 2 is 1.51 bits per heavy atom. The number of carbonyl (C=O) groups is 1. The number of hydrogen-bond acceptors (Lipinski definition) is 6. The largest absolute Gasteiger partial charge is 0.493 e. The summed E-state index contributed by atoms with van der Waals surface area (Å²) in [4.78, 5) is 19.0. The Morgan fingerprint density at radius 1 is 0.791 bits per heavy atom. The van der Waals surface area contributed by atoms with Crippen LogP contribution in [0.15, 0.2) is 89.3 Å². The van der Waals surface area contributed by atoms with Crippen molar-refractivity contribution in [2.75, 3.05) is 45.3 Å². The van der Waals surface area contributed by atoms with E-state index in [1.165, 1.54) is 6.07 Å². The average molecular weight is 594 g/mol. The Kier molecular flexibility index (Phi) is 9.25. The Labute approximate surface area is 249 Å². The van der Waals surface area contributed by atoms with E-state index in [9.17, 15) is 18.0 Å². The summed E-state index contributed by atoms with van der Waals surface area (Å²) in [5.74, 6) is 1.98. The second-order valence-corrected chi connectivity index (χ2v) is 10.4. The molecule has 0 unspecified atom stereocenters. The predicted molar refractivity (Wildman–Crippen MR) is 157 cm³/mol. The van der Waals surface area contributed by atoms with Gasteiger partial charge in [-0.05, 0) is 53.6 Å². The van der Waals surface area contributed by atoms with Crippen LogP contribution < -0.4 is 14.4 Å². The van der Waals surface area contributed by atoms with Crippen LogP contribution in [0.25, 0.3) is 0 Å². The standard InChI is InChI=1S/C33H34F3N3O4/c1-41-29-13-11-25(19-31(29)42-2)22-37(21-24-7-4-3-5-8-24)23-28-12-14-30(43-28)32(40)39-17-15-38(16-18-39)27-10-6-9-26(20-27)33(34,35)36/h3-14,19-20H,15-18,21-23H2,1-2H3. The van der Waals surface area contributed by atoms with Gasteiger partial charge in [0.25, 0.3) is 5.91 Å². The number of ether oxygens (including phenoxy) is 2. The number of benzene rings is 3. The van der Waals surface area contributed by atoms with Crippen LogP contribution >= 0.6 is 0 Å². The van der Waals surface area contributed by atoms with Crippen molar-refractivity contribution in [3.8, 4) is 11.5 Å². The molecular weight excluding hydrogens is 559 g/mol. The van der Waals surface area contributed by atoms with Gasteiger partial charge in [-0.3, -0.25) is 9.69 Å². The molecule has 10 heteroatoms. The van der Waals surface area contributed by atoms with Crippen molar-refractivity contribution in [2.24, 2.45) is 0 Å². The molecule has 0 spiro atoms. The summed E-state index contributed by atoms with van der Waals surface area (Å²) in [6.07, 6.45) is -4.40. The van der Waals surface area contributed by atoms with Crippen molar-refractivity contribution in [2.45, 2.75) is 25.8 Å². The van der Waals surface area contributed by atoms with Gasteiger partial charge in [-0.25, -0.2) is 0 Å². The monoisotopic (exact) mass is 593 g/mol. The highest BCUT2D eigenvalue weighted by atomic mass is 19.4. The van der Waals surface area contributed by atoms with E-state index in [0.29, 0.717) is 68.8 Å². The molecule has 1 amide bonds. The van der Waals surface area contributed by atoms with E-state index in [1.807, 2.05) is 47.4 Å². The molecule has 1 aliphatic heterocycles. The lowest BCUT2D eigenvalue weighted by Gasteiger charge is -2.36. The molecule has 3 aromatic carbocycles. The number of furan rings is 1. The van der Waals surface area contributed by atoms with Crippen molar-refractivity contribution in [1.82, 2.24) is 9.80 Å². The summed E-state index contributed by atoms with van der Waals surface area (Å²) >= 11 is 0. The minimum atomic E-state index is -4.40. The van der Waals surface area contributed by atoms with Gasteiger partial charge in [0, 0.05) is 45.0 Å². The number of hydrogen-bond donors (Lipinski definition) is 0. The first kappa shape index (κ1) is 30.0. The zero-order valence-corrected chi connectivity index (χ0v) is 24.1. The Morgan fingerprint density at radius 3 is 2.21 bits per heavy atom. The molecular formula is C33H34F3N3O4. The van der Waals surface area contributed by atoms with Gasteiger partial charge >= 0.3 is 6.18 Å². The zero-order chi connectivity index (χ0) is 30.4. The third kappa shape index (κ3) is 7.50. The molecule has 7 nitrogen and oxygen atoms in total. The minimum Gasteiger partial charge on any atom is -0.493 e. The fraction of sp³-hybridized carbons (Fsp3) is 0.303. The maximum Gasteiger partial charge on any atom is 0.416 e. The van der Waals surface area contributed by atoms with E-state index < -0.39 is 11.7 Å². The summed E-state index contributed by atoms with van der Waals surface area (Å²) in [7, 11) is 3.21. The lowest BCUT2D eigenvalue weighted by molar-refractivity contribution is -0.137. The summed E-state index contributed by atoms with van der Waals surface area (Å²) in [5, 5.41) is 0. The topological polar surface area (TPSA) is 58.4 Å². The quantitative estimate of drug-likeness (QED) is 0.210. The van der Waals surface area contributed by atoms with Gasteiger partial charge in [0.1, 0.15) is 5.76 Å². The van der Waals surface area contributed by atoms with Crippen LogP contribution in [0.2, 0.25) is 0 Å². The SMILES string of the molecule is COc1ccc(CN(Cc2ccccc2)Cc2ccc(C(=O)N3CCN(c4cccc(C(F)(F)F)c4)CC3)o2)cc1OC. The fourth-order valence-electron chi connectivity index (χ4n) is 5.25. The molecule has 0 bridgehead atoms. The molecule has 0 radical (unpaired) electrons. The van der Waals surface area contributed by atoms with Gasteiger partial charge in [-0.15, -0.1) is 0 Å². The van der Waals surface area contributed by atoms with Gasteiger partial charge in [0.2, 0.25) is 0 Å². The van der Waals surface area contributed by atoms with Crippen LogP contribution in [0.5, 0.6) is 11.5 Å². The third-order valence-electron chi connectivity index (χ3n) is 7.46. The predicted octanol–water partition coefficient (Wildman–Crippen LogP) is 6.48. The molecule has 1 fully saturated rings. The smallest absolute Gasteiger partial charge is 0.416 e. The van der Waals surface area contributed by atoms with Crippen molar-refractivity contribution in [3.05, 3.63) is 113 Å². The second-order valence-electron chi connectivity index (χ2n) is 10.4. The van der Waals surface area contributed by atoms with E-state index in [0.717, 1.165) is 23.3 Å². The highest BCUT2D eigenvalue weighted by molar-refractivity contribution is 5.91. The molecule has 0 saturated carbocycles. The highest BCUT2D eigenvalue weighted by Gasteiger charge is 2.31. The lowest BCUT2D eigenvalue weighted by atomic mass is 10.1. The number of nitrogens with zero attached hydrogens (tertiary/aromatic N) is 3. The summed E-state index contributed by atoms with van der Waals surface area (Å²) in [6, 6.07) is 24.7. The maximum absolute atomic E-state index is 13.3. The van der Waals surface area contributed by atoms with Crippen molar-refractivity contribution in [1.29, 1.82) is 0 Å². The lowest BCUT2D eigenvalue weighted by Crippen LogP contribution is -2.48. The van der Waals surface area contributed by atoms with Crippen LogP contribution in [0.4, 0.5) is 18.9 Å². The van der Waals surface area contributed by atoms with Crippen molar-refractivity contribution >= 4 is 11.6 Å². The number of rotatable bonds is 10. The number of alkyl halides is 3. The Hall–Kier alpha value is -4.44. The molecule has 2 heterocycles. The number of carbonyl (C=O) groups excluding carboxylic acids is 1. The van der Waals surface area contributed by atoms with Crippen molar-refractivity contribution < 1.29 is 31.9 Å². The number of piperazine rings is 1. The molecule has 0 N–H and O–H groups in total. The number of methoxy groups -OCH3 is 2. The van der Waals surface area contributed by atoms with Gasteiger partial charge < -0.3 is 23.7 Å². The van der Waals surface area contributed by atoms with Crippen molar-refractivity contribution in [3.63, 3.8) is 0 Å². The van der Waals surface area contributed by atoms with Crippen LogP contribution in [-0.2, 0) is 25.8 Å². The van der Waals surface area contributed by atoms with Crippen LogP contribution in [-0.4, -0.2) is 56.1 Å². The summed E-state index contributed by atoms with van der Waals surface area (Å²) in [6.45, 7) is 3.36. The van der Waals surface area contributed by atoms with Crippen LogP contribution in [0.1, 0.15) is 33.0 Å². The first-order valence-corrected chi connectivity index (χ1v) is 14.0. The van der Waals surface area contributed by atoms with Gasteiger partial charge in [0.15, 0.2) is 17.3 Å². The second kappa shape index (κ2) is 13.2. The third-order valence-corrected chi connectivity index (χ3v) is 7.46. The van der Waals surface area contributed by atoms with E-state index in [-0.39, 0.29) is 11.7 Å². The van der Waals surface area contributed by atoms with Crippen LogP contribution in [0.3, 0.4) is 0 Å². The fourth-order valence-corrected chi connectivity index (χ4v) is 5.25. The minimum absolute atomic E-state index is 0.232. The first-order chi connectivity index (χ1) is 20.7. The van der Waals surface area contributed by atoms with Gasteiger partial charge in [0.05, 0.1) is 26.3 Å². The number of anilines is 1. The number of halogens is 3. The first-order valence-electron chi connectivity index (χ1n) is 14.0.